The maximum absolute atomic E-state index is 13.0. The van der Waals surface area contributed by atoms with Crippen molar-refractivity contribution in [2.24, 2.45) is 0 Å². The van der Waals surface area contributed by atoms with E-state index in [1.807, 2.05) is 12.1 Å². The highest BCUT2D eigenvalue weighted by Gasteiger charge is 2.06. The van der Waals surface area contributed by atoms with Crippen LogP contribution in [0.15, 0.2) is 48.7 Å². The van der Waals surface area contributed by atoms with Crippen LogP contribution in [0.1, 0.15) is 0 Å². The van der Waals surface area contributed by atoms with Gasteiger partial charge in [-0.1, -0.05) is 23.2 Å². The molecule has 0 aliphatic heterocycles. The Hall–Kier alpha value is -1.84. The summed E-state index contributed by atoms with van der Waals surface area (Å²) in [5, 5.41) is 5.04. The minimum atomic E-state index is -0.369. The van der Waals surface area contributed by atoms with Crippen molar-refractivity contribution >= 4 is 45.5 Å². The van der Waals surface area contributed by atoms with Crippen LogP contribution in [-0.2, 0) is 0 Å². The molecule has 0 bridgehead atoms. The molecule has 0 atom stereocenters. The fraction of sp³-hybridized carbons (Fsp3) is 0. The van der Waals surface area contributed by atoms with Crippen molar-refractivity contribution in [3.05, 3.63) is 64.5 Å². The van der Waals surface area contributed by atoms with Crippen molar-refractivity contribution in [3.8, 4) is 0 Å². The van der Waals surface area contributed by atoms with E-state index in [1.54, 1.807) is 24.4 Å². The van der Waals surface area contributed by atoms with Crippen LogP contribution in [0.5, 0.6) is 0 Å². The van der Waals surface area contributed by atoms with Crippen LogP contribution in [0.25, 0.3) is 10.9 Å². The second-order valence-corrected chi connectivity index (χ2v) is 5.11. The number of halogens is 3. The second-order valence-electron chi connectivity index (χ2n) is 4.27. The van der Waals surface area contributed by atoms with Crippen LogP contribution in [-0.4, -0.2) is 4.98 Å². The van der Waals surface area contributed by atoms with Gasteiger partial charge in [0.1, 0.15) is 5.82 Å². The maximum Gasteiger partial charge on any atom is 0.124 e. The summed E-state index contributed by atoms with van der Waals surface area (Å²) in [4.78, 5) is 4.26. The van der Waals surface area contributed by atoms with E-state index in [2.05, 4.69) is 10.3 Å². The number of benzene rings is 2. The van der Waals surface area contributed by atoms with Crippen molar-refractivity contribution in [3.63, 3.8) is 0 Å². The molecule has 0 unspecified atom stereocenters. The van der Waals surface area contributed by atoms with E-state index in [0.29, 0.717) is 15.7 Å². The number of aromatic nitrogens is 1. The predicted octanol–water partition coefficient (Wildman–Crippen LogP) is 5.42. The number of pyridine rings is 1. The first kappa shape index (κ1) is 13.2. The Balaban J connectivity index is 2.06. The molecule has 0 fully saturated rings. The van der Waals surface area contributed by atoms with Crippen molar-refractivity contribution in [2.45, 2.75) is 0 Å². The van der Waals surface area contributed by atoms with Crippen LogP contribution in [0.3, 0.4) is 0 Å². The molecule has 3 aromatic rings. The third-order valence-electron chi connectivity index (χ3n) is 2.91. The topological polar surface area (TPSA) is 24.9 Å². The maximum atomic E-state index is 13.0. The van der Waals surface area contributed by atoms with E-state index in [0.717, 1.165) is 16.6 Å². The quantitative estimate of drug-likeness (QED) is 0.683. The largest absolute Gasteiger partial charge is 0.354 e. The fourth-order valence-corrected chi connectivity index (χ4v) is 2.35. The lowest BCUT2D eigenvalue weighted by Gasteiger charge is -2.11. The summed E-state index contributed by atoms with van der Waals surface area (Å²) >= 11 is 12.0. The molecule has 1 aromatic heterocycles. The molecule has 2 aromatic carbocycles. The summed E-state index contributed by atoms with van der Waals surface area (Å²) in [6.07, 6.45) is 1.68. The van der Waals surface area contributed by atoms with Gasteiger partial charge in [-0.25, -0.2) is 4.39 Å². The number of anilines is 2. The third-order valence-corrected chi connectivity index (χ3v) is 3.45. The van der Waals surface area contributed by atoms with Gasteiger partial charge in [-0.05, 0) is 42.5 Å². The van der Waals surface area contributed by atoms with Gasteiger partial charge in [-0.2, -0.15) is 0 Å². The summed E-state index contributed by atoms with van der Waals surface area (Å²) in [6, 6.07) is 11.5. The lowest BCUT2D eigenvalue weighted by atomic mass is 10.2. The van der Waals surface area contributed by atoms with E-state index < -0.39 is 0 Å². The summed E-state index contributed by atoms with van der Waals surface area (Å²) in [7, 11) is 0. The molecule has 2 nitrogen and oxygen atoms in total. The average Bonchev–Trinajstić information content (AvgIpc) is 2.41. The zero-order chi connectivity index (χ0) is 14.1. The smallest absolute Gasteiger partial charge is 0.124 e. The number of hydrogen-bond donors (Lipinski definition) is 1. The van der Waals surface area contributed by atoms with Gasteiger partial charge in [0.05, 0.1) is 16.2 Å². The summed E-state index contributed by atoms with van der Waals surface area (Å²) in [5.41, 5.74) is 2.25. The van der Waals surface area contributed by atoms with E-state index in [4.69, 9.17) is 23.2 Å². The van der Waals surface area contributed by atoms with Gasteiger partial charge >= 0.3 is 0 Å². The van der Waals surface area contributed by atoms with Gasteiger partial charge in [0.2, 0.25) is 0 Å². The molecular weight excluding hydrogens is 298 g/mol. The molecule has 0 aliphatic carbocycles. The zero-order valence-corrected chi connectivity index (χ0v) is 11.7. The first-order chi connectivity index (χ1) is 9.63. The van der Waals surface area contributed by atoms with Gasteiger partial charge < -0.3 is 5.32 Å². The van der Waals surface area contributed by atoms with E-state index in [9.17, 15) is 4.39 Å². The zero-order valence-electron chi connectivity index (χ0n) is 10.2. The molecule has 0 saturated carbocycles. The Kier molecular flexibility index (Phi) is 3.47. The highest BCUT2D eigenvalue weighted by Crippen LogP contribution is 2.30. The van der Waals surface area contributed by atoms with Gasteiger partial charge in [0.25, 0.3) is 0 Å². The Morgan fingerprint density at radius 3 is 2.60 bits per heavy atom. The molecule has 0 saturated heterocycles. The molecule has 0 radical (unpaired) electrons. The van der Waals surface area contributed by atoms with E-state index >= 15 is 0 Å². The summed E-state index contributed by atoms with van der Waals surface area (Å²) in [6.45, 7) is 0. The molecular formula is C15H9Cl2FN2. The molecule has 5 heteroatoms. The van der Waals surface area contributed by atoms with Gasteiger partial charge in [-0.3, -0.25) is 4.98 Å². The van der Waals surface area contributed by atoms with E-state index in [1.165, 1.54) is 12.1 Å². The summed E-state index contributed by atoms with van der Waals surface area (Å²) < 4.78 is 13.0. The van der Waals surface area contributed by atoms with Crippen molar-refractivity contribution in [1.29, 1.82) is 0 Å². The molecule has 0 amide bonds. The standard InChI is InChI=1S/C15H9Cl2FN2/c16-9-1-3-11-13(5-6-19-15(11)7-9)20-14-4-2-10(18)8-12(14)17/h1-8H,(H,19,20). The Morgan fingerprint density at radius 1 is 0.950 bits per heavy atom. The monoisotopic (exact) mass is 306 g/mol. The SMILES string of the molecule is Fc1ccc(Nc2ccnc3cc(Cl)ccc23)c(Cl)c1. The second kappa shape index (κ2) is 5.27. The number of nitrogens with one attached hydrogen (secondary N) is 1. The molecule has 0 spiro atoms. The number of nitrogens with zero attached hydrogens (tertiary/aromatic N) is 1. The minimum absolute atomic E-state index is 0.323. The van der Waals surface area contributed by atoms with Gasteiger partial charge in [0.15, 0.2) is 0 Å². The highest BCUT2D eigenvalue weighted by atomic mass is 35.5. The fourth-order valence-electron chi connectivity index (χ4n) is 1.97. The van der Waals surface area contributed by atoms with E-state index in [-0.39, 0.29) is 5.82 Å². The Bertz CT molecular complexity index is 790. The average molecular weight is 307 g/mol. The highest BCUT2D eigenvalue weighted by molar-refractivity contribution is 6.33. The van der Waals surface area contributed by atoms with Crippen LogP contribution in [0.2, 0.25) is 10.0 Å². The van der Waals surface area contributed by atoms with Crippen molar-refractivity contribution in [2.75, 3.05) is 5.32 Å². The van der Waals surface area contributed by atoms with Crippen LogP contribution < -0.4 is 5.32 Å². The van der Waals surface area contributed by atoms with Gasteiger partial charge in [0, 0.05) is 22.3 Å². The lowest BCUT2D eigenvalue weighted by molar-refractivity contribution is 0.628. The molecule has 1 heterocycles. The number of fused-ring (bicyclic) bond motifs is 1. The van der Waals surface area contributed by atoms with Crippen LogP contribution >= 0.6 is 23.2 Å². The molecule has 20 heavy (non-hydrogen) atoms. The van der Waals surface area contributed by atoms with Crippen LogP contribution in [0.4, 0.5) is 15.8 Å². The predicted molar refractivity (Wildman–Crippen MR) is 81.4 cm³/mol. The number of rotatable bonds is 2. The summed E-state index contributed by atoms with van der Waals surface area (Å²) in [5.74, 6) is -0.369. The molecule has 100 valence electrons. The van der Waals surface area contributed by atoms with Gasteiger partial charge in [-0.15, -0.1) is 0 Å². The normalized spacial score (nSPS) is 10.8. The van der Waals surface area contributed by atoms with Crippen LogP contribution in [0, 0.1) is 5.82 Å². The minimum Gasteiger partial charge on any atom is -0.354 e. The first-order valence-electron chi connectivity index (χ1n) is 5.90. The van der Waals surface area contributed by atoms with Crippen molar-refractivity contribution in [1.82, 2.24) is 4.98 Å². The Morgan fingerprint density at radius 2 is 1.80 bits per heavy atom. The number of hydrogen-bond acceptors (Lipinski definition) is 2. The molecule has 1 N–H and O–H groups in total. The third kappa shape index (κ3) is 2.55. The molecule has 3 rings (SSSR count). The molecule has 0 aliphatic rings. The lowest BCUT2D eigenvalue weighted by Crippen LogP contribution is -1.94. The Labute approximate surface area is 125 Å². The van der Waals surface area contributed by atoms with Crippen molar-refractivity contribution < 1.29 is 4.39 Å². The first-order valence-corrected chi connectivity index (χ1v) is 6.65.